The van der Waals surface area contributed by atoms with Gasteiger partial charge in [0.15, 0.2) is 0 Å². The molecule has 2 aromatic heterocycles. The van der Waals surface area contributed by atoms with Crippen LogP contribution in [-0.4, -0.2) is 34.8 Å². The van der Waals surface area contributed by atoms with E-state index in [1.54, 1.807) is 38.4 Å². The maximum absolute atomic E-state index is 14.0. The first kappa shape index (κ1) is 19.8. The molecule has 7 nitrogen and oxygen atoms in total. The number of rotatable bonds is 4. The number of hydrogen-bond acceptors (Lipinski definition) is 5. The molecule has 1 aromatic carbocycles. The summed E-state index contributed by atoms with van der Waals surface area (Å²) in [4.78, 5) is 29.8. The average molecular weight is 408 g/mol. The molecule has 0 aliphatic carbocycles. The van der Waals surface area contributed by atoms with E-state index < -0.39 is 6.04 Å². The Morgan fingerprint density at radius 1 is 1.47 bits per heavy atom. The van der Waals surface area contributed by atoms with Crippen LogP contribution in [0.3, 0.4) is 0 Å². The zero-order chi connectivity index (χ0) is 21.4. The Bertz CT molecular complexity index is 1180. The lowest BCUT2D eigenvalue weighted by Gasteiger charge is -2.20. The molecule has 2 amide bonds. The summed E-state index contributed by atoms with van der Waals surface area (Å²) in [6, 6.07) is 5.92. The number of carbonyl (C=O) groups is 2. The molecule has 4 rings (SSSR count). The minimum absolute atomic E-state index is 0.215. The first-order chi connectivity index (χ1) is 14.3. The third kappa shape index (κ3) is 3.69. The molecular formula is C22H21FN4O3. The first-order valence-electron chi connectivity index (χ1n) is 9.48. The Hall–Kier alpha value is -3.52. The molecule has 1 aliphatic rings. The molecule has 0 radical (unpaired) electrons. The van der Waals surface area contributed by atoms with Gasteiger partial charge in [-0.2, -0.15) is 0 Å². The molecule has 0 saturated heterocycles. The number of nitrogens with zero attached hydrogens (tertiary/aromatic N) is 2. The van der Waals surface area contributed by atoms with Gasteiger partial charge in [-0.25, -0.2) is 9.37 Å². The highest BCUT2D eigenvalue weighted by molar-refractivity contribution is 5.97. The van der Waals surface area contributed by atoms with E-state index in [0.29, 0.717) is 34.5 Å². The summed E-state index contributed by atoms with van der Waals surface area (Å²) in [5, 5.41) is 3.10. The highest BCUT2D eigenvalue weighted by Gasteiger charge is 2.23. The summed E-state index contributed by atoms with van der Waals surface area (Å²) < 4.78 is 19.8. The van der Waals surface area contributed by atoms with Crippen LogP contribution in [-0.2, 0) is 22.6 Å². The second kappa shape index (κ2) is 7.72. The number of fused-ring (bicyclic) bond motifs is 2. The van der Waals surface area contributed by atoms with Crippen molar-refractivity contribution in [2.75, 3.05) is 12.4 Å². The molecule has 1 aliphatic heterocycles. The third-order valence-corrected chi connectivity index (χ3v) is 5.18. The maximum Gasteiger partial charge on any atom is 0.246 e. The van der Waals surface area contributed by atoms with Crippen LogP contribution in [0.25, 0.3) is 17.0 Å². The number of anilines is 1. The van der Waals surface area contributed by atoms with Crippen LogP contribution in [0, 0.1) is 12.7 Å². The van der Waals surface area contributed by atoms with Crippen LogP contribution >= 0.6 is 0 Å². The first-order valence-corrected chi connectivity index (χ1v) is 9.48. The molecule has 0 bridgehead atoms. The van der Waals surface area contributed by atoms with Crippen molar-refractivity contribution in [3.8, 4) is 0 Å². The topological polar surface area (TPSA) is 101 Å². The average Bonchev–Trinajstić information content (AvgIpc) is 3.03. The van der Waals surface area contributed by atoms with E-state index in [9.17, 15) is 14.0 Å². The van der Waals surface area contributed by atoms with E-state index >= 15 is 0 Å². The summed E-state index contributed by atoms with van der Waals surface area (Å²) in [5.74, 6) is 0.202. The SMILES string of the molecule is Cc1c(CN(C)C(=O)/C=C/c2cnc3c(c2)CC(N)C(=O)N3)oc2cccc(F)c12. The van der Waals surface area contributed by atoms with Gasteiger partial charge in [0, 0.05) is 31.3 Å². The number of pyridine rings is 1. The fourth-order valence-electron chi connectivity index (χ4n) is 3.47. The van der Waals surface area contributed by atoms with Crippen molar-refractivity contribution in [1.82, 2.24) is 9.88 Å². The third-order valence-electron chi connectivity index (χ3n) is 5.18. The van der Waals surface area contributed by atoms with Crippen molar-refractivity contribution >= 4 is 34.7 Å². The molecule has 1 unspecified atom stereocenters. The van der Waals surface area contributed by atoms with Crippen molar-refractivity contribution in [2.45, 2.75) is 25.9 Å². The Kier molecular flexibility index (Phi) is 5.09. The predicted molar refractivity (Wildman–Crippen MR) is 111 cm³/mol. The Morgan fingerprint density at radius 2 is 2.27 bits per heavy atom. The summed E-state index contributed by atoms with van der Waals surface area (Å²) in [7, 11) is 1.65. The minimum atomic E-state index is -0.608. The minimum Gasteiger partial charge on any atom is -0.459 e. The van der Waals surface area contributed by atoms with Gasteiger partial charge in [-0.05, 0) is 42.3 Å². The van der Waals surface area contributed by atoms with Gasteiger partial charge in [-0.1, -0.05) is 6.07 Å². The van der Waals surface area contributed by atoms with E-state index in [0.717, 1.165) is 11.1 Å². The van der Waals surface area contributed by atoms with Crippen LogP contribution in [0.1, 0.15) is 22.5 Å². The van der Waals surface area contributed by atoms with Crippen LogP contribution < -0.4 is 11.1 Å². The van der Waals surface area contributed by atoms with Crippen LogP contribution in [0.2, 0.25) is 0 Å². The summed E-state index contributed by atoms with van der Waals surface area (Å²) in [5.41, 5.74) is 8.47. The zero-order valence-electron chi connectivity index (χ0n) is 16.6. The monoisotopic (exact) mass is 408 g/mol. The standard InChI is InChI=1S/C22H21FN4O3/c1-12-18(30-17-5-3-4-15(23)20(12)17)11-27(2)19(28)7-6-13-8-14-9-16(24)22(29)26-21(14)25-10-13/h3-8,10,16H,9,11,24H2,1-2H3,(H,25,26,29)/b7-6+. The quantitative estimate of drug-likeness (QED) is 0.647. The number of nitrogens with two attached hydrogens (primary N) is 1. The summed E-state index contributed by atoms with van der Waals surface area (Å²) in [6.07, 6.45) is 5.06. The lowest BCUT2D eigenvalue weighted by molar-refractivity contribution is -0.125. The molecule has 3 N–H and O–H groups in total. The van der Waals surface area contributed by atoms with Gasteiger partial charge in [0.1, 0.15) is 23.0 Å². The molecule has 0 saturated carbocycles. The van der Waals surface area contributed by atoms with Crippen LogP contribution in [0.15, 0.2) is 41.0 Å². The molecule has 3 aromatic rings. The summed E-state index contributed by atoms with van der Waals surface area (Å²) in [6.45, 7) is 1.99. The van der Waals surface area contributed by atoms with Crippen LogP contribution in [0.5, 0.6) is 0 Å². The molecule has 0 spiro atoms. The molecule has 30 heavy (non-hydrogen) atoms. The lowest BCUT2D eigenvalue weighted by Crippen LogP contribution is -2.41. The Morgan fingerprint density at radius 3 is 3.03 bits per heavy atom. The van der Waals surface area contributed by atoms with Crippen LogP contribution in [0.4, 0.5) is 10.2 Å². The molecular weight excluding hydrogens is 387 g/mol. The maximum atomic E-state index is 14.0. The number of aromatic nitrogens is 1. The van der Waals surface area contributed by atoms with E-state index in [-0.39, 0.29) is 24.2 Å². The van der Waals surface area contributed by atoms with Crippen molar-refractivity contribution in [3.63, 3.8) is 0 Å². The van der Waals surface area contributed by atoms with Gasteiger partial charge in [0.25, 0.3) is 0 Å². The lowest BCUT2D eigenvalue weighted by atomic mass is 10.0. The van der Waals surface area contributed by atoms with Gasteiger partial charge < -0.3 is 20.4 Å². The molecule has 1 atom stereocenters. The molecule has 8 heteroatoms. The van der Waals surface area contributed by atoms with Gasteiger partial charge in [-0.3, -0.25) is 9.59 Å². The number of halogens is 1. The van der Waals surface area contributed by atoms with Crippen molar-refractivity contribution in [2.24, 2.45) is 5.73 Å². The summed E-state index contributed by atoms with van der Waals surface area (Å²) >= 11 is 0. The van der Waals surface area contributed by atoms with E-state index in [1.807, 2.05) is 6.07 Å². The van der Waals surface area contributed by atoms with Gasteiger partial charge in [0.2, 0.25) is 11.8 Å². The number of hydrogen-bond donors (Lipinski definition) is 2. The van der Waals surface area contributed by atoms with Crippen molar-refractivity contribution < 1.29 is 18.4 Å². The number of furan rings is 1. The molecule has 3 heterocycles. The Labute approximate surface area is 172 Å². The number of nitrogens with one attached hydrogen (secondary N) is 1. The van der Waals surface area contributed by atoms with Gasteiger partial charge in [-0.15, -0.1) is 0 Å². The Balaban J connectivity index is 1.47. The number of benzene rings is 1. The number of aryl methyl sites for hydroxylation is 1. The van der Waals surface area contributed by atoms with Gasteiger partial charge >= 0.3 is 0 Å². The smallest absolute Gasteiger partial charge is 0.246 e. The fourth-order valence-corrected chi connectivity index (χ4v) is 3.47. The highest BCUT2D eigenvalue weighted by Crippen LogP contribution is 2.28. The predicted octanol–water partition coefficient (Wildman–Crippen LogP) is 2.77. The van der Waals surface area contributed by atoms with E-state index in [2.05, 4.69) is 10.3 Å². The van der Waals surface area contributed by atoms with Gasteiger partial charge in [0.05, 0.1) is 18.0 Å². The van der Waals surface area contributed by atoms with E-state index in [1.165, 1.54) is 17.0 Å². The number of likely N-dealkylation sites (N-methyl/N-ethyl adjacent to an activating group) is 1. The van der Waals surface area contributed by atoms with Crippen molar-refractivity contribution in [1.29, 1.82) is 0 Å². The zero-order valence-corrected chi connectivity index (χ0v) is 16.6. The fraction of sp³-hybridized carbons (Fsp3) is 0.227. The largest absolute Gasteiger partial charge is 0.459 e. The molecule has 0 fully saturated rings. The normalized spacial score (nSPS) is 16.0. The number of carbonyl (C=O) groups excluding carboxylic acids is 2. The number of amides is 2. The highest BCUT2D eigenvalue weighted by atomic mass is 19.1. The second-order valence-electron chi connectivity index (χ2n) is 7.37. The second-order valence-corrected chi connectivity index (χ2v) is 7.37. The van der Waals surface area contributed by atoms with Crippen molar-refractivity contribution in [3.05, 3.63) is 64.8 Å². The van der Waals surface area contributed by atoms with E-state index in [4.69, 9.17) is 10.2 Å². The molecule has 154 valence electrons.